The standard InChI is InChI=1S/C21H24N4O2/c1-4-5-14-27-19-9-7-6-8-18(19)22-21(26)20-16(3)25(24-23-20)17-12-10-15(2)11-13-17/h6-13H,4-5,14H2,1-3H3,(H,22,26). The van der Waals surface area contributed by atoms with Gasteiger partial charge in [0, 0.05) is 0 Å². The Kier molecular flexibility index (Phi) is 5.86. The van der Waals surface area contributed by atoms with E-state index in [0.29, 0.717) is 29.4 Å². The molecule has 2 aromatic carbocycles. The molecule has 0 saturated heterocycles. The van der Waals surface area contributed by atoms with Gasteiger partial charge < -0.3 is 10.1 Å². The van der Waals surface area contributed by atoms with Gasteiger partial charge in [0.15, 0.2) is 5.69 Å². The van der Waals surface area contributed by atoms with Crippen LogP contribution in [0.3, 0.4) is 0 Å². The van der Waals surface area contributed by atoms with E-state index < -0.39 is 0 Å². The van der Waals surface area contributed by atoms with Crippen molar-refractivity contribution in [3.8, 4) is 11.4 Å². The van der Waals surface area contributed by atoms with Crippen molar-refractivity contribution in [2.45, 2.75) is 33.6 Å². The highest BCUT2D eigenvalue weighted by Gasteiger charge is 2.18. The number of carbonyl (C=O) groups is 1. The molecular weight excluding hydrogens is 340 g/mol. The molecular formula is C21H24N4O2. The van der Waals surface area contributed by atoms with E-state index in [-0.39, 0.29) is 5.91 Å². The van der Waals surface area contributed by atoms with Crippen molar-refractivity contribution in [1.82, 2.24) is 15.0 Å². The molecule has 0 spiro atoms. The largest absolute Gasteiger partial charge is 0.491 e. The van der Waals surface area contributed by atoms with Crippen LogP contribution in [0.1, 0.15) is 41.5 Å². The van der Waals surface area contributed by atoms with Crippen LogP contribution in [0.5, 0.6) is 5.75 Å². The first-order chi connectivity index (χ1) is 13.1. The Balaban J connectivity index is 1.79. The number of aryl methyl sites for hydroxylation is 1. The molecule has 0 atom stereocenters. The first kappa shape index (κ1) is 18.6. The summed E-state index contributed by atoms with van der Waals surface area (Å²) in [5, 5.41) is 11.1. The number of carbonyl (C=O) groups excluding carboxylic acids is 1. The number of amides is 1. The normalized spacial score (nSPS) is 10.6. The molecule has 0 radical (unpaired) electrons. The summed E-state index contributed by atoms with van der Waals surface area (Å²) in [5.41, 5.74) is 3.63. The van der Waals surface area contributed by atoms with E-state index in [1.165, 1.54) is 0 Å². The fraction of sp³-hybridized carbons (Fsp3) is 0.286. The molecule has 3 aromatic rings. The van der Waals surface area contributed by atoms with E-state index in [0.717, 1.165) is 24.1 Å². The molecule has 6 heteroatoms. The fourth-order valence-corrected chi connectivity index (χ4v) is 2.67. The van der Waals surface area contributed by atoms with Crippen molar-refractivity contribution in [2.75, 3.05) is 11.9 Å². The van der Waals surface area contributed by atoms with Gasteiger partial charge in [-0.3, -0.25) is 4.79 Å². The summed E-state index contributed by atoms with van der Waals surface area (Å²) < 4.78 is 7.44. The summed E-state index contributed by atoms with van der Waals surface area (Å²) in [6.45, 7) is 6.58. The quantitative estimate of drug-likeness (QED) is 0.634. The van der Waals surface area contributed by atoms with Crippen molar-refractivity contribution < 1.29 is 9.53 Å². The Morgan fingerprint density at radius 3 is 2.59 bits per heavy atom. The van der Waals surface area contributed by atoms with Crippen LogP contribution in [0.15, 0.2) is 48.5 Å². The molecule has 140 valence electrons. The summed E-state index contributed by atoms with van der Waals surface area (Å²) in [6.07, 6.45) is 2.02. The molecule has 1 N–H and O–H groups in total. The average molecular weight is 364 g/mol. The smallest absolute Gasteiger partial charge is 0.278 e. The SMILES string of the molecule is CCCCOc1ccccc1NC(=O)c1nnn(-c2ccc(C)cc2)c1C. The minimum absolute atomic E-state index is 0.291. The van der Waals surface area contributed by atoms with Gasteiger partial charge in [0.1, 0.15) is 5.75 Å². The molecule has 6 nitrogen and oxygen atoms in total. The predicted molar refractivity (Wildman–Crippen MR) is 106 cm³/mol. The Bertz CT molecular complexity index is 916. The summed E-state index contributed by atoms with van der Waals surface area (Å²) in [7, 11) is 0. The zero-order chi connectivity index (χ0) is 19.2. The van der Waals surface area contributed by atoms with Crippen molar-refractivity contribution in [3.05, 3.63) is 65.5 Å². The van der Waals surface area contributed by atoms with E-state index in [4.69, 9.17) is 4.74 Å². The lowest BCUT2D eigenvalue weighted by atomic mass is 10.2. The molecule has 0 aliphatic carbocycles. The van der Waals surface area contributed by atoms with Gasteiger partial charge in [0.05, 0.1) is 23.7 Å². The summed E-state index contributed by atoms with van der Waals surface area (Å²) in [6, 6.07) is 15.3. The maximum Gasteiger partial charge on any atom is 0.278 e. The molecule has 1 aromatic heterocycles. The van der Waals surface area contributed by atoms with Crippen LogP contribution in [-0.2, 0) is 0 Å². The van der Waals surface area contributed by atoms with Crippen LogP contribution in [0, 0.1) is 13.8 Å². The van der Waals surface area contributed by atoms with Crippen LogP contribution >= 0.6 is 0 Å². The van der Waals surface area contributed by atoms with Crippen molar-refractivity contribution in [1.29, 1.82) is 0 Å². The molecule has 27 heavy (non-hydrogen) atoms. The fourth-order valence-electron chi connectivity index (χ4n) is 2.67. The van der Waals surface area contributed by atoms with Crippen LogP contribution < -0.4 is 10.1 Å². The summed E-state index contributed by atoms with van der Waals surface area (Å²) in [5.74, 6) is 0.347. The van der Waals surface area contributed by atoms with Gasteiger partial charge in [0.2, 0.25) is 0 Å². The highest BCUT2D eigenvalue weighted by molar-refractivity contribution is 6.04. The lowest BCUT2D eigenvalue weighted by Crippen LogP contribution is -2.15. The van der Waals surface area contributed by atoms with Gasteiger partial charge in [-0.05, 0) is 44.5 Å². The van der Waals surface area contributed by atoms with Gasteiger partial charge in [-0.15, -0.1) is 5.10 Å². The first-order valence-electron chi connectivity index (χ1n) is 9.12. The van der Waals surface area contributed by atoms with E-state index >= 15 is 0 Å². The van der Waals surface area contributed by atoms with Crippen molar-refractivity contribution in [2.24, 2.45) is 0 Å². The van der Waals surface area contributed by atoms with Gasteiger partial charge in [-0.2, -0.15) is 0 Å². The Morgan fingerprint density at radius 2 is 1.85 bits per heavy atom. The zero-order valence-corrected chi connectivity index (χ0v) is 15.9. The summed E-state index contributed by atoms with van der Waals surface area (Å²) in [4.78, 5) is 12.7. The third-order valence-corrected chi connectivity index (χ3v) is 4.28. The zero-order valence-electron chi connectivity index (χ0n) is 15.9. The van der Waals surface area contributed by atoms with E-state index in [1.807, 2.05) is 62.4 Å². The molecule has 0 bridgehead atoms. The van der Waals surface area contributed by atoms with E-state index in [2.05, 4.69) is 22.6 Å². The molecule has 0 saturated carbocycles. The van der Waals surface area contributed by atoms with Gasteiger partial charge in [0.25, 0.3) is 5.91 Å². The Labute approximate surface area is 159 Å². The van der Waals surface area contributed by atoms with Crippen molar-refractivity contribution in [3.63, 3.8) is 0 Å². The number of anilines is 1. The molecule has 0 fully saturated rings. The Morgan fingerprint density at radius 1 is 1.11 bits per heavy atom. The van der Waals surface area contributed by atoms with E-state index in [1.54, 1.807) is 4.68 Å². The van der Waals surface area contributed by atoms with Gasteiger partial charge in [-0.1, -0.05) is 48.4 Å². The van der Waals surface area contributed by atoms with Gasteiger partial charge >= 0.3 is 0 Å². The van der Waals surface area contributed by atoms with Crippen LogP contribution in [0.2, 0.25) is 0 Å². The molecule has 0 aliphatic heterocycles. The van der Waals surface area contributed by atoms with Crippen LogP contribution in [0.4, 0.5) is 5.69 Å². The van der Waals surface area contributed by atoms with Crippen molar-refractivity contribution >= 4 is 11.6 Å². The molecule has 1 amide bonds. The number of nitrogens with zero attached hydrogens (tertiary/aromatic N) is 3. The number of para-hydroxylation sites is 2. The van der Waals surface area contributed by atoms with Crippen LogP contribution in [0.25, 0.3) is 5.69 Å². The lowest BCUT2D eigenvalue weighted by Gasteiger charge is -2.11. The third kappa shape index (κ3) is 4.34. The molecule has 0 aliphatic rings. The summed E-state index contributed by atoms with van der Waals surface area (Å²) >= 11 is 0. The number of benzene rings is 2. The maximum absolute atomic E-state index is 12.7. The highest BCUT2D eigenvalue weighted by Crippen LogP contribution is 2.25. The third-order valence-electron chi connectivity index (χ3n) is 4.28. The average Bonchev–Trinajstić information content (AvgIpc) is 3.05. The lowest BCUT2D eigenvalue weighted by molar-refractivity contribution is 0.102. The Hall–Kier alpha value is -3.15. The number of aromatic nitrogens is 3. The highest BCUT2D eigenvalue weighted by atomic mass is 16.5. The number of hydrogen-bond acceptors (Lipinski definition) is 4. The number of ether oxygens (including phenoxy) is 1. The predicted octanol–water partition coefficient (Wildman–Crippen LogP) is 4.32. The number of unbranched alkanes of at least 4 members (excludes halogenated alkanes) is 1. The second-order valence-electron chi connectivity index (χ2n) is 6.42. The monoisotopic (exact) mass is 364 g/mol. The first-order valence-corrected chi connectivity index (χ1v) is 9.12. The van der Waals surface area contributed by atoms with Crippen LogP contribution in [-0.4, -0.2) is 27.5 Å². The number of hydrogen-bond donors (Lipinski definition) is 1. The van der Waals surface area contributed by atoms with Gasteiger partial charge in [-0.25, -0.2) is 4.68 Å². The second kappa shape index (κ2) is 8.49. The molecule has 3 rings (SSSR count). The van der Waals surface area contributed by atoms with E-state index in [9.17, 15) is 4.79 Å². The number of nitrogens with one attached hydrogen (secondary N) is 1. The second-order valence-corrected chi connectivity index (χ2v) is 6.42. The molecule has 1 heterocycles. The topological polar surface area (TPSA) is 69.0 Å². The number of rotatable bonds is 7. The minimum atomic E-state index is -0.308. The minimum Gasteiger partial charge on any atom is -0.491 e. The maximum atomic E-state index is 12.7. The molecule has 0 unspecified atom stereocenters.